The Balaban J connectivity index is 4.00. The van der Waals surface area contributed by atoms with Crippen LogP contribution in [0.3, 0.4) is 0 Å². The van der Waals surface area contributed by atoms with Crippen LogP contribution in [-0.2, 0) is 9.53 Å². The Morgan fingerprint density at radius 3 is 1.73 bits per heavy atom. The molecular weight excluding hydrogens is 374 g/mol. The second-order valence-electron chi connectivity index (χ2n) is 8.70. The van der Waals surface area contributed by atoms with Crippen molar-refractivity contribution in [2.45, 2.75) is 148 Å². The summed E-state index contributed by atoms with van der Waals surface area (Å²) in [4.78, 5) is 15.1. The van der Waals surface area contributed by atoms with Crippen LogP contribution in [0.2, 0.25) is 0 Å². The highest BCUT2D eigenvalue weighted by atomic mass is 16.5. The fraction of sp³-hybridized carbons (Fsp3) is 0.960. The molecule has 0 aromatic rings. The lowest BCUT2D eigenvalue weighted by Gasteiger charge is -2.18. The van der Waals surface area contributed by atoms with E-state index in [0.29, 0.717) is 13.0 Å². The molecule has 0 fully saturated rings. The van der Waals surface area contributed by atoms with Crippen molar-refractivity contribution in [2.75, 3.05) is 6.54 Å². The predicted molar refractivity (Wildman–Crippen MR) is 128 cm³/mol. The van der Waals surface area contributed by atoms with E-state index in [2.05, 4.69) is 23.9 Å². The summed E-state index contributed by atoms with van der Waals surface area (Å²) < 4.78 is 5.87. The van der Waals surface area contributed by atoms with Crippen LogP contribution in [-0.4, -0.2) is 18.6 Å². The third-order valence-corrected chi connectivity index (χ3v) is 5.76. The molecule has 0 spiro atoms. The smallest absolute Gasteiger partial charge is 0.306 e. The van der Waals surface area contributed by atoms with Crippen LogP contribution < -0.4 is 0 Å². The Morgan fingerprint density at radius 2 is 1.20 bits per heavy atom. The largest absolute Gasteiger partial charge is 0.462 e. The average Bonchev–Trinajstić information content (AvgIpc) is 2.74. The van der Waals surface area contributed by atoms with Gasteiger partial charge in [0, 0.05) is 17.9 Å². The molecular formula is C25H49N3O2. The van der Waals surface area contributed by atoms with Crippen molar-refractivity contribution < 1.29 is 9.53 Å². The molecule has 0 atom stereocenters. The maximum absolute atomic E-state index is 12.3. The van der Waals surface area contributed by atoms with E-state index >= 15 is 0 Å². The summed E-state index contributed by atoms with van der Waals surface area (Å²) in [6.07, 6.45) is 23.2. The summed E-state index contributed by atoms with van der Waals surface area (Å²) in [7, 11) is 0. The number of esters is 1. The van der Waals surface area contributed by atoms with Gasteiger partial charge < -0.3 is 4.74 Å². The molecule has 0 radical (unpaired) electrons. The van der Waals surface area contributed by atoms with Gasteiger partial charge in [-0.05, 0) is 44.1 Å². The molecule has 0 unspecified atom stereocenters. The van der Waals surface area contributed by atoms with Crippen LogP contribution in [0.4, 0.5) is 0 Å². The second-order valence-corrected chi connectivity index (χ2v) is 8.70. The Bertz CT molecular complexity index is 407. The van der Waals surface area contributed by atoms with Crippen molar-refractivity contribution in [3.05, 3.63) is 10.4 Å². The maximum Gasteiger partial charge on any atom is 0.306 e. The van der Waals surface area contributed by atoms with Crippen molar-refractivity contribution in [3.8, 4) is 0 Å². The summed E-state index contributed by atoms with van der Waals surface area (Å²) in [6, 6.07) is 0. The van der Waals surface area contributed by atoms with Gasteiger partial charge in [-0.1, -0.05) is 102 Å². The van der Waals surface area contributed by atoms with Gasteiger partial charge in [-0.2, -0.15) is 0 Å². The van der Waals surface area contributed by atoms with E-state index in [0.717, 1.165) is 44.9 Å². The molecule has 5 nitrogen and oxygen atoms in total. The standard InChI is InChI=1S/C25H49N3O2/c1-3-5-7-9-12-16-20-24(21-17-13-10-8-6-4-2)30-25(29)22-18-14-11-15-19-23-27-28-26/h24H,3-23H2,1-2H3. The number of carbonyl (C=O) groups excluding carboxylic acids is 1. The van der Waals surface area contributed by atoms with Gasteiger partial charge >= 0.3 is 5.97 Å². The van der Waals surface area contributed by atoms with Crippen LogP contribution in [0, 0.1) is 0 Å². The number of unbranched alkanes of at least 4 members (excludes halogenated alkanes) is 14. The van der Waals surface area contributed by atoms with Gasteiger partial charge in [-0.15, -0.1) is 0 Å². The van der Waals surface area contributed by atoms with Gasteiger partial charge in [-0.25, -0.2) is 0 Å². The topological polar surface area (TPSA) is 75.1 Å². The number of ether oxygens (including phenoxy) is 1. The molecule has 0 amide bonds. The van der Waals surface area contributed by atoms with E-state index in [1.54, 1.807) is 0 Å². The molecule has 0 saturated carbocycles. The summed E-state index contributed by atoms with van der Waals surface area (Å²) in [5.41, 5.74) is 8.25. The molecule has 0 rings (SSSR count). The van der Waals surface area contributed by atoms with E-state index in [4.69, 9.17) is 10.3 Å². The first-order valence-corrected chi connectivity index (χ1v) is 12.9. The minimum absolute atomic E-state index is 0.00829. The van der Waals surface area contributed by atoms with Crippen molar-refractivity contribution >= 4 is 5.97 Å². The summed E-state index contributed by atoms with van der Waals surface area (Å²) in [5, 5.41) is 3.55. The summed E-state index contributed by atoms with van der Waals surface area (Å²) >= 11 is 0. The molecule has 30 heavy (non-hydrogen) atoms. The van der Waals surface area contributed by atoms with Gasteiger partial charge in [0.05, 0.1) is 0 Å². The maximum atomic E-state index is 12.3. The molecule has 0 aliphatic carbocycles. The molecule has 0 aliphatic heterocycles. The molecule has 0 aliphatic rings. The minimum Gasteiger partial charge on any atom is -0.462 e. The third kappa shape index (κ3) is 21.5. The van der Waals surface area contributed by atoms with E-state index < -0.39 is 0 Å². The van der Waals surface area contributed by atoms with Crippen molar-refractivity contribution in [1.82, 2.24) is 0 Å². The predicted octanol–water partition coefficient (Wildman–Crippen LogP) is 9.05. The van der Waals surface area contributed by atoms with Gasteiger partial charge in [0.2, 0.25) is 0 Å². The Kier molecular flexibility index (Phi) is 23.1. The third-order valence-electron chi connectivity index (χ3n) is 5.76. The first kappa shape index (κ1) is 28.8. The first-order chi connectivity index (χ1) is 14.7. The lowest BCUT2D eigenvalue weighted by Crippen LogP contribution is -2.18. The molecule has 0 saturated heterocycles. The van der Waals surface area contributed by atoms with Crippen molar-refractivity contribution in [2.24, 2.45) is 5.11 Å². The van der Waals surface area contributed by atoms with Gasteiger partial charge in [0.1, 0.15) is 6.10 Å². The first-order valence-electron chi connectivity index (χ1n) is 12.9. The second kappa shape index (κ2) is 24.1. The lowest BCUT2D eigenvalue weighted by molar-refractivity contribution is -0.150. The zero-order valence-electron chi connectivity index (χ0n) is 20.1. The van der Waals surface area contributed by atoms with Crippen molar-refractivity contribution in [3.63, 3.8) is 0 Å². The quantitative estimate of drug-likeness (QED) is 0.0540. The number of carbonyl (C=O) groups is 1. The average molecular weight is 424 g/mol. The Hall–Kier alpha value is -1.22. The highest BCUT2D eigenvalue weighted by Crippen LogP contribution is 2.18. The van der Waals surface area contributed by atoms with Crippen LogP contribution in [0.5, 0.6) is 0 Å². The van der Waals surface area contributed by atoms with Crippen LogP contribution in [0.15, 0.2) is 5.11 Å². The molecule has 0 aromatic heterocycles. The summed E-state index contributed by atoms with van der Waals surface area (Å²) in [5.74, 6) is -0.00829. The van der Waals surface area contributed by atoms with Crippen LogP contribution in [0.1, 0.15) is 142 Å². The normalized spacial score (nSPS) is 10.9. The van der Waals surface area contributed by atoms with Gasteiger partial charge in [-0.3, -0.25) is 4.79 Å². The fourth-order valence-corrected chi connectivity index (χ4v) is 3.84. The molecule has 0 heterocycles. The number of nitrogens with zero attached hydrogens (tertiary/aromatic N) is 3. The number of azide groups is 1. The number of hydrogen-bond acceptors (Lipinski definition) is 3. The monoisotopic (exact) mass is 423 g/mol. The lowest BCUT2D eigenvalue weighted by atomic mass is 10.0. The van der Waals surface area contributed by atoms with Gasteiger partial charge in [0.15, 0.2) is 0 Å². The Labute approximate surface area is 186 Å². The Morgan fingerprint density at radius 1 is 0.733 bits per heavy atom. The molecule has 0 aromatic carbocycles. The highest BCUT2D eigenvalue weighted by Gasteiger charge is 2.14. The van der Waals surface area contributed by atoms with Crippen LogP contribution >= 0.6 is 0 Å². The highest BCUT2D eigenvalue weighted by molar-refractivity contribution is 5.69. The number of rotatable bonds is 23. The minimum atomic E-state index is -0.00829. The fourth-order valence-electron chi connectivity index (χ4n) is 3.84. The van der Waals surface area contributed by atoms with E-state index in [1.807, 2.05) is 0 Å². The zero-order valence-corrected chi connectivity index (χ0v) is 20.1. The molecule has 176 valence electrons. The zero-order chi connectivity index (χ0) is 22.1. The van der Waals surface area contributed by atoms with Crippen LogP contribution in [0.25, 0.3) is 10.4 Å². The van der Waals surface area contributed by atoms with Gasteiger partial charge in [0.25, 0.3) is 0 Å². The van der Waals surface area contributed by atoms with E-state index in [9.17, 15) is 4.79 Å². The SMILES string of the molecule is CCCCCCCCC(CCCCCCCC)OC(=O)CCCCCCCN=[N+]=[N-]. The van der Waals surface area contributed by atoms with E-state index in [-0.39, 0.29) is 12.1 Å². The number of hydrogen-bond donors (Lipinski definition) is 0. The van der Waals surface area contributed by atoms with E-state index in [1.165, 1.54) is 77.0 Å². The van der Waals surface area contributed by atoms with Crippen molar-refractivity contribution in [1.29, 1.82) is 0 Å². The molecule has 5 heteroatoms. The molecule has 0 bridgehead atoms. The molecule has 0 N–H and O–H groups in total. The summed E-state index contributed by atoms with van der Waals surface area (Å²) in [6.45, 7) is 5.08.